The predicted octanol–water partition coefficient (Wildman–Crippen LogP) is 2.78. The van der Waals surface area contributed by atoms with E-state index < -0.39 is 0 Å². The van der Waals surface area contributed by atoms with Gasteiger partial charge in [-0.3, -0.25) is 4.99 Å². The fourth-order valence-corrected chi connectivity index (χ4v) is 2.99. The Morgan fingerprint density at radius 1 is 1.30 bits per heavy atom. The standard InChI is InChI=1S/C18H29ClN4/c1-4-20-18(22-13-17(23(2)3)15-9-10-15)21-12-11-14-7-5-6-8-16(14)19/h5-8,15,17H,4,9-13H2,1-3H3,(H2,20,21,22). The third-order valence-electron chi connectivity index (χ3n) is 4.25. The van der Waals surface area contributed by atoms with Gasteiger partial charge in [-0.2, -0.15) is 0 Å². The normalized spacial score (nSPS) is 16.5. The van der Waals surface area contributed by atoms with Gasteiger partial charge in [0, 0.05) is 24.2 Å². The second kappa shape index (κ2) is 9.14. The van der Waals surface area contributed by atoms with E-state index in [0.29, 0.717) is 6.04 Å². The minimum atomic E-state index is 0.550. The molecule has 0 heterocycles. The molecule has 4 nitrogen and oxygen atoms in total. The number of aliphatic imine (C=N–C) groups is 1. The molecule has 1 aliphatic rings. The molecule has 0 saturated heterocycles. The first-order chi connectivity index (χ1) is 11.1. The molecule has 0 radical (unpaired) electrons. The monoisotopic (exact) mass is 336 g/mol. The zero-order chi connectivity index (χ0) is 16.7. The quantitative estimate of drug-likeness (QED) is 0.566. The van der Waals surface area contributed by atoms with Crippen molar-refractivity contribution in [3.63, 3.8) is 0 Å². The van der Waals surface area contributed by atoms with Crippen LogP contribution in [0.3, 0.4) is 0 Å². The van der Waals surface area contributed by atoms with Crippen molar-refractivity contribution in [2.24, 2.45) is 10.9 Å². The summed E-state index contributed by atoms with van der Waals surface area (Å²) in [5.41, 5.74) is 1.17. The Morgan fingerprint density at radius 2 is 2.04 bits per heavy atom. The first-order valence-corrected chi connectivity index (χ1v) is 8.91. The summed E-state index contributed by atoms with van der Waals surface area (Å²) in [4.78, 5) is 7.07. The smallest absolute Gasteiger partial charge is 0.191 e. The number of benzene rings is 1. The van der Waals surface area contributed by atoms with E-state index >= 15 is 0 Å². The van der Waals surface area contributed by atoms with Gasteiger partial charge in [-0.05, 0) is 57.8 Å². The van der Waals surface area contributed by atoms with Crippen molar-refractivity contribution in [1.82, 2.24) is 15.5 Å². The lowest BCUT2D eigenvalue weighted by atomic mass is 10.1. The molecule has 1 saturated carbocycles. The van der Waals surface area contributed by atoms with Crippen LogP contribution in [0.2, 0.25) is 5.02 Å². The molecule has 0 aliphatic heterocycles. The molecule has 5 heteroatoms. The van der Waals surface area contributed by atoms with Crippen LogP contribution in [-0.2, 0) is 6.42 Å². The van der Waals surface area contributed by atoms with Gasteiger partial charge < -0.3 is 15.5 Å². The summed E-state index contributed by atoms with van der Waals surface area (Å²) in [5, 5.41) is 7.57. The molecule has 1 fully saturated rings. The Labute approximate surface area is 145 Å². The van der Waals surface area contributed by atoms with E-state index in [0.717, 1.165) is 43.0 Å². The van der Waals surface area contributed by atoms with Crippen molar-refractivity contribution in [1.29, 1.82) is 0 Å². The SMILES string of the molecule is CCNC(=NCC(C1CC1)N(C)C)NCCc1ccccc1Cl. The molecule has 0 spiro atoms. The Bertz CT molecular complexity index is 509. The number of hydrogen-bond donors (Lipinski definition) is 2. The molecule has 128 valence electrons. The average molecular weight is 337 g/mol. The van der Waals surface area contributed by atoms with Crippen LogP contribution in [0.15, 0.2) is 29.3 Å². The van der Waals surface area contributed by atoms with Gasteiger partial charge in [0.2, 0.25) is 0 Å². The van der Waals surface area contributed by atoms with Crippen molar-refractivity contribution >= 4 is 17.6 Å². The molecule has 2 N–H and O–H groups in total. The Kier molecular flexibility index (Phi) is 7.18. The summed E-state index contributed by atoms with van der Waals surface area (Å²) >= 11 is 6.20. The van der Waals surface area contributed by atoms with Crippen LogP contribution in [-0.4, -0.2) is 50.6 Å². The fraction of sp³-hybridized carbons (Fsp3) is 0.611. The molecule has 23 heavy (non-hydrogen) atoms. The number of halogens is 1. The molecular weight excluding hydrogens is 308 g/mol. The van der Waals surface area contributed by atoms with Gasteiger partial charge in [-0.25, -0.2) is 0 Å². The van der Waals surface area contributed by atoms with Crippen molar-refractivity contribution in [3.05, 3.63) is 34.9 Å². The van der Waals surface area contributed by atoms with Crippen LogP contribution in [0, 0.1) is 5.92 Å². The van der Waals surface area contributed by atoms with Crippen LogP contribution >= 0.6 is 11.6 Å². The topological polar surface area (TPSA) is 39.7 Å². The minimum Gasteiger partial charge on any atom is -0.357 e. The molecule has 1 aliphatic carbocycles. The predicted molar refractivity (Wildman–Crippen MR) is 99.3 cm³/mol. The minimum absolute atomic E-state index is 0.550. The number of nitrogens with zero attached hydrogens (tertiary/aromatic N) is 2. The van der Waals surface area contributed by atoms with E-state index in [1.54, 1.807) is 0 Å². The summed E-state index contributed by atoms with van der Waals surface area (Å²) in [6.07, 6.45) is 3.58. The highest BCUT2D eigenvalue weighted by Crippen LogP contribution is 2.34. The summed E-state index contributed by atoms with van der Waals surface area (Å²) < 4.78 is 0. The lowest BCUT2D eigenvalue weighted by molar-refractivity contribution is 0.271. The summed E-state index contributed by atoms with van der Waals surface area (Å²) in [7, 11) is 4.30. The average Bonchev–Trinajstić information content (AvgIpc) is 3.34. The van der Waals surface area contributed by atoms with E-state index in [1.807, 2.05) is 18.2 Å². The highest BCUT2D eigenvalue weighted by Gasteiger charge is 2.32. The zero-order valence-electron chi connectivity index (χ0n) is 14.5. The molecule has 1 aromatic rings. The third kappa shape index (κ3) is 6.04. The second-order valence-corrected chi connectivity index (χ2v) is 6.76. The maximum Gasteiger partial charge on any atom is 0.191 e. The summed E-state index contributed by atoms with van der Waals surface area (Å²) in [6.45, 7) is 4.63. The van der Waals surface area contributed by atoms with Crippen molar-refractivity contribution in [2.45, 2.75) is 32.2 Å². The second-order valence-electron chi connectivity index (χ2n) is 6.36. The van der Waals surface area contributed by atoms with Gasteiger partial charge in [-0.15, -0.1) is 0 Å². The molecule has 0 bridgehead atoms. The van der Waals surface area contributed by atoms with Crippen LogP contribution in [0.5, 0.6) is 0 Å². The lowest BCUT2D eigenvalue weighted by Gasteiger charge is -2.23. The molecule has 1 unspecified atom stereocenters. The Morgan fingerprint density at radius 3 is 2.65 bits per heavy atom. The number of hydrogen-bond acceptors (Lipinski definition) is 2. The Balaban J connectivity index is 1.85. The van der Waals surface area contributed by atoms with Gasteiger partial charge in [-0.1, -0.05) is 29.8 Å². The largest absolute Gasteiger partial charge is 0.357 e. The third-order valence-corrected chi connectivity index (χ3v) is 4.62. The van der Waals surface area contributed by atoms with E-state index in [-0.39, 0.29) is 0 Å². The van der Waals surface area contributed by atoms with Gasteiger partial charge in [0.05, 0.1) is 6.54 Å². The first kappa shape index (κ1) is 18.1. The van der Waals surface area contributed by atoms with E-state index in [1.165, 1.54) is 18.4 Å². The maximum atomic E-state index is 6.20. The molecule has 2 rings (SSSR count). The highest BCUT2D eigenvalue weighted by molar-refractivity contribution is 6.31. The number of rotatable bonds is 8. The van der Waals surface area contributed by atoms with Crippen LogP contribution < -0.4 is 10.6 Å². The lowest BCUT2D eigenvalue weighted by Crippen LogP contribution is -2.40. The van der Waals surface area contributed by atoms with E-state index in [4.69, 9.17) is 16.6 Å². The molecule has 0 amide bonds. The summed E-state index contributed by atoms with van der Waals surface area (Å²) in [6, 6.07) is 8.55. The van der Waals surface area contributed by atoms with E-state index in [2.05, 4.69) is 42.6 Å². The fourth-order valence-electron chi connectivity index (χ4n) is 2.76. The van der Waals surface area contributed by atoms with Crippen LogP contribution in [0.4, 0.5) is 0 Å². The zero-order valence-corrected chi connectivity index (χ0v) is 15.2. The molecule has 1 atom stereocenters. The summed E-state index contributed by atoms with van der Waals surface area (Å²) in [5.74, 6) is 1.71. The first-order valence-electron chi connectivity index (χ1n) is 8.53. The van der Waals surface area contributed by atoms with Gasteiger partial charge in [0.1, 0.15) is 0 Å². The van der Waals surface area contributed by atoms with Gasteiger partial charge in [0.25, 0.3) is 0 Å². The number of guanidine groups is 1. The number of likely N-dealkylation sites (N-methyl/N-ethyl adjacent to an activating group) is 1. The van der Waals surface area contributed by atoms with Gasteiger partial charge >= 0.3 is 0 Å². The van der Waals surface area contributed by atoms with Crippen LogP contribution in [0.25, 0.3) is 0 Å². The molecular formula is C18H29ClN4. The molecule has 1 aromatic carbocycles. The Hall–Kier alpha value is -1.26. The van der Waals surface area contributed by atoms with E-state index in [9.17, 15) is 0 Å². The highest BCUT2D eigenvalue weighted by atomic mass is 35.5. The van der Waals surface area contributed by atoms with Crippen molar-refractivity contribution < 1.29 is 0 Å². The van der Waals surface area contributed by atoms with Crippen LogP contribution in [0.1, 0.15) is 25.3 Å². The van der Waals surface area contributed by atoms with Crippen molar-refractivity contribution in [3.8, 4) is 0 Å². The van der Waals surface area contributed by atoms with Crippen molar-refractivity contribution in [2.75, 3.05) is 33.7 Å². The number of nitrogens with one attached hydrogen (secondary N) is 2. The maximum absolute atomic E-state index is 6.20. The van der Waals surface area contributed by atoms with Gasteiger partial charge in [0.15, 0.2) is 5.96 Å². The molecule has 0 aromatic heterocycles.